The third-order valence-corrected chi connectivity index (χ3v) is 5.89. The third-order valence-electron chi connectivity index (χ3n) is 5.89. The number of benzene rings is 2. The molecule has 158 valence electrons. The second kappa shape index (κ2) is 8.35. The summed E-state index contributed by atoms with van der Waals surface area (Å²) in [5.41, 5.74) is 6.01. The van der Waals surface area contributed by atoms with Crippen LogP contribution >= 0.6 is 0 Å². The van der Waals surface area contributed by atoms with Crippen molar-refractivity contribution < 1.29 is 9.37 Å². The summed E-state index contributed by atoms with van der Waals surface area (Å²) in [5, 5.41) is 13.1. The van der Waals surface area contributed by atoms with Crippen molar-refractivity contribution in [2.75, 3.05) is 13.7 Å². The van der Waals surface area contributed by atoms with Crippen LogP contribution in [0.4, 0.5) is 0 Å². The summed E-state index contributed by atoms with van der Waals surface area (Å²) < 4.78 is 12.4. The fourth-order valence-corrected chi connectivity index (χ4v) is 4.34. The molecule has 0 saturated carbocycles. The average Bonchev–Trinajstić information content (AvgIpc) is 3.54. The molecule has 0 spiro atoms. The van der Waals surface area contributed by atoms with Crippen LogP contribution in [0.15, 0.2) is 65.4 Å². The maximum Gasteiger partial charge on any atom is 0.125 e. The summed E-state index contributed by atoms with van der Waals surface area (Å²) in [5.74, 6) is 0.820. The van der Waals surface area contributed by atoms with Crippen molar-refractivity contribution in [1.82, 2.24) is 25.0 Å². The molecule has 2 aromatic heterocycles. The van der Waals surface area contributed by atoms with E-state index in [1.165, 1.54) is 0 Å². The maximum atomic E-state index is 5.45. The summed E-state index contributed by atoms with van der Waals surface area (Å²) >= 11 is 0. The molecular formula is C24H25N5O2. The molecule has 1 unspecified atom stereocenters. The molecule has 1 atom stereocenters. The summed E-state index contributed by atoms with van der Waals surface area (Å²) in [6, 6.07) is 18.5. The van der Waals surface area contributed by atoms with E-state index in [4.69, 9.17) is 14.5 Å². The Morgan fingerprint density at radius 3 is 2.74 bits per heavy atom. The van der Waals surface area contributed by atoms with E-state index in [0.717, 1.165) is 65.6 Å². The van der Waals surface area contributed by atoms with Crippen molar-refractivity contribution in [2.45, 2.75) is 32.4 Å². The Morgan fingerprint density at radius 2 is 1.97 bits per heavy atom. The summed E-state index contributed by atoms with van der Waals surface area (Å²) in [7, 11) is 1.69. The van der Waals surface area contributed by atoms with Gasteiger partial charge in [-0.25, -0.2) is 9.31 Å². The molecule has 0 radical (unpaired) electrons. The van der Waals surface area contributed by atoms with Gasteiger partial charge in [0.15, 0.2) is 0 Å². The smallest absolute Gasteiger partial charge is 0.125 e. The van der Waals surface area contributed by atoms with Crippen molar-refractivity contribution in [2.24, 2.45) is 0 Å². The van der Waals surface area contributed by atoms with Gasteiger partial charge in [-0.3, -0.25) is 4.90 Å². The first kappa shape index (κ1) is 19.5. The van der Waals surface area contributed by atoms with Crippen LogP contribution in [0, 0.1) is 6.92 Å². The highest BCUT2D eigenvalue weighted by atomic mass is 16.6. The molecule has 1 saturated heterocycles. The fraction of sp³-hybridized carbons (Fsp3) is 0.292. The van der Waals surface area contributed by atoms with Gasteiger partial charge in [-0.1, -0.05) is 40.6 Å². The van der Waals surface area contributed by atoms with Gasteiger partial charge >= 0.3 is 0 Å². The Kier molecular flexibility index (Phi) is 5.26. The second-order valence-corrected chi connectivity index (χ2v) is 7.88. The SMILES string of the molecule is COc1cccc(-c2nn(-c3ccccc3)cc2CN2CCCC2c2nonc2C)c1. The van der Waals surface area contributed by atoms with E-state index >= 15 is 0 Å². The monoisotopic (exact) mass is 415 g/mol. The lowest BCUT2D eigenvalue weighted by atomic mass is 10.1. The molecule has 0 amide bonds. The van der Waals surface area contributed by atoms with E-state index in [9.17, 15) is 0 Å². The molecule has 4 aromatic rings. The highest BCUT2D eigenvalue weighted by Crippen LogP contribution is 2.35. The van der Waals surface area contributed by atoms with E-state index in [1.54, 1.807) is 7.11 Å². The minimum Gasteiger partial charge on any atom is -0.497 e. The number of likely N-dealkylation sites (tertiary alicyclic amines) is 1. The van der Waals surface area contributed by atoms with Gasteiger partial charge in [-0.2, -0.15) is 5.10 Å². The lowest BCUT2D eigenvalue weighted by Gasteiger charge is -2.22. The largest absolute Gasteiger partial charge is 0.497 e. The molecular weight excluding hydrogens is 390 g/mol. The Hall–Kier alpha value is -3.45. The molecule has 0 aliphatic carbocycles. The summed E-state index contributed by atoms with van der Waals surface area (Å²) in [6.45, 7) is 3.73. The zero-order valence-electron chi connectivity index (χ0n) is 17.7. The van der Waals surface area contributed by atoms with E-state index < -0.39 is 0 Å². The molecule has 0 bridgehead atoms. The van der Waals surface area contributed by atoms with Crippen LogP contribution in [0.3, 0.4) is 0 Å². The maximum absolute atomic E-state index is 5.45. The zero-order chi connectivity index (χ0) is 21.2. The van der Waals surface area contributed by atoms with Gasteiger partial charge in [0.2, 0.25) is 0 Å². The number of aromatic nitrogens is 4. The van der Waals surface area contributed by atoms with Crippen LogP contribution in [0.2, 0.25) is 0 Å². The van der Waals surface area contributed by atoms with Gasteiger partial charge < -0.3 is 4.74 Å². The Labute approximate surface area is 181 Å². The quantitative estimate of drug-likeness (QED) is 0.459. The lowest BCUT2D eigenvalue weighted by Crippen LogP contribution is -2.23. The van der Waals surface area contributed by atoms with Crippen LogP contribution < -0.4 is 4.74 Å². The third kappa shape index (κ3) is 3.84. The summed E-state index contributed by atoms with van der Waals surface area (Å²) in [4.78, 5) is 2.45. The first-order valence-electron chi connectivity index (χ1n) is 10.5. The van der Waals surface area contributed by atoms with Gasteiger partial charge in [-0.15, -0.1) is 0 Å². The number of methoxy groups -OCH3 is 1. The first-order chi connectivity index (χ1) is 15.2. The molecule has 3 heterocycles. The van der Waals surface area contributed by atoms with E-state index in [1.807, 2.05) is 48.0 Å². The predicted octanol–water partition coefficient (Wildman–Crippen LogP) is 4.58. The van der Waals surface area contributed by atoms with Gasteiger partial charge in [0.05, 0.1) is 24.5 Å². The molecule has 1 aliphatic heterocycles. The van der Waals surface area contributed by atoms with Crippen molar-refractivity contribution in [3.63, 3.8) is 0 Å². The number of nitrogens with zero attached hydrogens (tertiary/aromatic N) is 5. The van der Waals surface area contributed by atoms with Gasteiger partial charge in [-0.05, 0) is 50.6 Å². The minimum atomic E-state index is 0.212. The molecule has 0 N–H and O–H groups in total. The molecule has 31 heavy (non-hydrogen) atoms. The van der Waals surface area contributed by atoms with E-state index in [-0.39, 0.29) is 6.04 Å². The highest BCUT2D eigenvalue weighted by Gasteiger charge is 2.31. The highest BCUT2D eigenvalue weighted by molar-refractivity contribution is 5.65. The molecule has 7 nitrogen and oxygen atoms in total. The van der Waals surface area contributed by atoms with E-state index in [2.05, 4.69) is 39.6 Å². The normalized spacial score (nSPS) is 16.6. The van der Waals surface area contributed by atoms with Crippen LogP contribution in [0.5, 0.6) is 5.75 Å². The Morgan fingerprint density at radius 1 is 1.10 bits per heavy atom. The van der Waals surface area contributed by atoms with Crippen LogP contribution in [-0.2, 0) is 6.54 Å². The molecule has 1 aliphatic rings. The van der Waals surface area contributed by atoms with Gasteiger partial charge in [0.1, 0.15) is 17.1 Å². The molecule has 7 heteroatoms. The first-order valence-corrected chi connectivity index (χ1v) is 10.5. The average molecular weight is 415 g/mol. The Bertz CT molecular complexity index is 1170. The number of rotatable bonds is 6. The number of aryl methyl sites for hydroxylation is 1. The number of hydrogen-bond acceptors (Lipinski definition) is 6. The van der Waals surface area contributed by atoms with Crippen molar-refractivity contribution in [3.05, 3.63) is 77.7 Å². The number of para-hydroxylation sites is 1. The minimum absolute atomic E-state index is 0.212. The molecule has 1 fully saturated rings. The number of hydrogen-bond donors (Lipinski definition) is 0. The zero-order valence-corrected chi connectivity index (χ0v) is 17.7. The number of ether oxygens (including phenoxy) is 1. The summed E-state index contributed by atoms with van der Waals surface area (Å²) in [6.07, 6.45) is 4.31. The van der Waals surface area contributed by atoms with Gasteiger partial charge in [0.25, 0.3) is 0 Å². The van der Waals surface area contributed by atoms with Crippen molar-refractivity contribution in [3.8, 4) is 22.7 Å². The van der Waals surface area contributed by atoms with Crippen LogP contribution in [0.1, 0.15) is 35.8 Å². The molecule has 5 rings (SSSR count). The lowest BCUT2D eigenvalue weighted by molar-refractivity contribution is 0.231. The van der Waals surface area contributed by atoms with Gasteiger partial charge in [0, 0.05) is 23.9 Å². The van der Waals surface area contributed by atoms with Crippen molar-refractivity contribution >= 4 is 0 Å². The standard InChI is InChI=1S/C24H25N5O2/c1-17-23(27-31-26-17)22-12-7-13-28(22)15-19-16-29(20-9-4-3-5-10-20)25-24(19)18-8-6-11-21(14-18)30-2/h3-6,8-11,14,16,22H,7,12-13,15H2,1-2H3. The van der Waals surface area contributed by atoms with Crippen LogP contribution in [-0.4, -0.2) is 38.6 Å². The van der Waals surface area contributed by atoms with Crippen LogP contribution in [0.25, 0.3) is 16.9 Å². The van der Waals surface area contributed by atoms with E-state index in [0.29, 0.717) is 0 Å². The second-order valence-electron chi connectivity index (χ2n) is 7.88. The molecule has 2 aromatic carbocycles. The topological polar surface area (TPSA) is 69.2 Å². The van der Waals surface area contributed by atoms with Crippen molar-refractivity contribution in [1.29, 1.82) is 0 Å². The fourth-order valence-electron chi connectivity index (χ4n) is 4.34. The predicted molar refractivity (Wildman–Crippen MR) is 117 cm³/mol. The Balaban J connectivity index is 1.53.